The van der Waals surface area contributed by atoms with Gasteiger partial charge in [-0.05, 0) is 33.1 Å². The summed E-state index contributed by atoms with van der Waals surface area (Å²) >= 11 is 0. The zero-order chi connectivity index (χ0) is 23.4. The summed E-state index contributed by atoms with van der Waals surface area (Å²) in [5.41, 5.74) is 7.51. The van der Waals surface area contributed by atoms with E-state index in [1.54, 1.807) is 18.2 Å². The number of nitrogen functional groups attached to an aromatic ring is 1. The van der Waals surface area contributed by atoms with E-state index in [2.05, 4.69) is 10.6 Å². The number of ether oxygens (including phenoxy) is 1. The van der Waals surface area contributed by atoms with Gasteiger partial charge in [-0.1, -0.05) is 12.1 Å². The van der Waals surface area contributed by atoms with Crippen molar-refractivity contribution < 1.29 is 24.2 Å². The van der Waals surface area contributed by atoms with Crippen LogP contribution in [0.15, 0.2) is 24.3 Å². The third-order valence-corrected chi connectivity index (χ3v) is 5.08. The molecule has 32 heavy (non-hydrogen) atoms. The van der Waals surface area contributed by atoms with Crippen molar-refractivity contribution in [3.63, 3.8) is 0 Å². The highest BCUT2D eigenvalue weighted by Gasteiger charge is 2.36. The van der Waals surface area contributed by atoms with Gasteiger partial charge in [-0.3, -0.25) is 14.4 Å². The number of amides is 1. The molecular weight excluding hydrogens is 412 g/mol. The molecule has 3 rings (SSSR count). The lowest BCUT2D eigenvalue weighted by atomic mass is 9.81. The van der Waals surface area contributed by atoms with Crippen LogP contribution in [-0.2, 0) is 4.79 Å². The summed E-state index contributed by atoms with van der Waals surface area (Å²) in [7, 11) is 3.93. The first-order valence-corrected chi connectivity index (χ1v) is 10.3. The Balaban J connectivity index is 2.13. The highest BCUT2D eigenvalue weighted by atomic mass is 16.5. The van der Waals surface area contributed by atoms with Gasteiger partial charge in [0.1, 0.15) is 12.4 Å². The number of ketones is 2. The maximum atomic E-state index is 13.6. The van der Waals surface area contributed by atoms with Gasteiger partial charge in [-0.15, -0.1) is 0 Å². The summed E-state index contributed by atoms with van der Waals surface area (Å²) in [6, 6.07) is 6.30. The molecule has 9 nitrogen and oxygen atoms in total. The van der Waals surface area contributed by atoms with Crippen LogP contribution in [0.25, 0.3) is 0 Å². The summed E-state index contributed by atoms with van der Waals surface area (Å²) in [5.74, 6) is -0.964. The second-order valence-corrected chi connectivity index (χ2v) is 7.81. The van der Waals surface area contributed by atoms with Gasteiger partial charge in [-0.25, -0.2) is 0 Å². The van der Waals surface area contributed by atoms with Gasteiger partial charge in [0.05, 0.1) is 34.7 Å². The van der Waals surface area contributed by atoms with Crippen LogP contribution in [0.2, 0.25) is 0 Å². The first kappa shape index (κ1) is 23.2. The molecule has 0 spiro atoms. The van der Waals surface area contributed by atoms with Crippen molar-refractivity contribution in [1.29, 1.82) is 0 Å². The molecule has 0 atom stereocenters. The Kier molecular flexibility index (Phi) is 7.12. The molecule has 2 aromatic carbocycles. The Morgan fingerprint density at radius 1 is 1.12 bits per heavy atom. The van der Waals surface area contributed by atoms with E-state index in [1.165, 1.54) is 13.0 Å². The van der Waals surface area contributed by atoms with Crippen LogP contribution in [0.1, 0.15) is 45.2 Å². The number of aliphatic hydroxyl groups excluding tert-OH is 1. The number of hydrogen-bond donors (Lipinski definition) is 4. The number of anilines is 3. The second kappa shape index (κ2) is 9.80. The number of nitrogens with zero attached hydrogens (tertiary/aromatic N) is 1. The van der Waals surface area contributed by atoms with Crippen LogP contribution >= 0.6 is 0 Å². The smallest absolute Gasteiger partial charge is 0.221 e. The Labute approximate surface area is 186 Å². The van der Waals surface area contributed by atoms with Crippen LogP contribution in [0.5, 0.6) is 5.75 Å². The molecule has 1 amide bonds. The quantitative estimate of drug-likeness (QED) is 0.292. The molecule has 1 aliphatic carbocycles. The molecule has 0 radical (unpaired) electrons. The summed E-state index contributed by atoms with van der Waals surface area (Å²) < 4.78 is 5.54. The van der Waals surface area contributed by atoms with E-state index >= 15 is 0 Å². The van der Waals surface area contributed by atoms with Gasteiger partial charge in [0, 0.05) is 30.8 Å². The number of nitrogens with two attached hydrogens (primary N) is 1. The summed E-state index contributed by atoms with van der Waals surface area (Å²) in [6.07, 6.45) is 0.800. The highest BCUT2D eigenvalue weighted by molar-refractivity contribution is 6.34. The van der Waals surface area contributed by atoms with Gasteiger partial charge in [0.25, 0.3) is 0 Å². The highest BCUT2D eigenvalue weighted by Crippen LogP contribution is 2.42. The standard InChI is InChI=1S/C23H28N4O5/c1-13(29)26-15-7-4-6-14-18(15)23(31)19-16(25-8-5-9-27(2)3)12-17(32-11-10-28)21(24)20(19)22(14)30/h4,6-7,12,25,28H,5,8-11,24H2,1-3H3,(H,26,29). The van der Waals surface area contributed by atoms with Crippen molar-refractivity contribution in [3.05, 3.63) is 46.5 Å². The zero-order valence-electron chi connectivity index (χ0n) is 18.4. The minimum Gasteiger partial charge on any atom is -0.489 e. The molecule has 0 saturated carbocycles. The van der Waals surface area contributed by atoms with Crippen molar-refractivity contribution in [2.24, 2.45) is 0 Å². The zero-order valence-corrected chi connectivity index (χ0v) is 18.4. The number of rotatable bonds is 9. The number of aliphatic hydroxyl groups is 1. The Bertz CT molecular complexity index is 1060. The fraction of sp³-hybridized carbons (Fsp3) is 0.348. The molecule has 0 saturated heterocycles. The van der Waals surface area contributed by atoms with E-state index in [4.69, 9.17) is 15.6 Å². The van der Waals surface area contributed by atoms with Crippen molar-refractivity contribution in [2.45, 2.75) is 13.3 Å². The lowest BCUT2D eigenvalue weighted by molar-refractivity contribution is -0.114. The van der Waals surface area contributed by atoms with Gasteiger partial charge in [-0.2, -0.15) is 0 Å². The van der Waals surface area contributed by atoms with E-state index in [0.717, 1.165) is 13.0 Å². The van der Waals surface area contributed by atoms with E-state index < -0.39 is 11.6 Å². The molecule has 5 N–H and O–H groups in total. The van der Waals surface area contributed by atoms with Gasteiger partial charge >= 0.3 is 0 Å². The molecule has 1 aliphatic rings. The Morgan fingerprint density at radius 2 is 1.88 bits per heavy atom. The van der Waals surface area contributed by atoms with E-state index in [9.17, 15) is 14.4 Å². The average Bonchev–Trinajstić information content (AvgIpc) is 2.74. The Morgan fingerprint density at radius 3 is 2.53 bits per heavy atom. The third kappa shape index (κ3) is 4.58. The largest absolute Gasteiger partial charge is 0.489 e. The average molecular weight is 441 g/mol. The molecule has 0 fully saturated rings. The molecule has 0 heterocycles. The van der Waals surface area contributed by atoms with Crippen LogP contribution < -0.4 is 21.1 Å². The van der Waals surface area contributed by atoms with E-state index in [-0.39, 0.29) is 58.5 Å². The summed E-state index contributed by atoms with van der Waals surface area (Å²) in [4.78, 5) is 40.7. The molecule has 0 aliphatic heterocycles. The first-order chi connectivity index (χ1) is 15.3. The second-order valence-electron chi connectivity index (χ2n) is 7.81. The van der Waals surface area contributed by atoms with Crippen molar-refractivity contribution >= 4 is 34.5 Å². The predicted octanol–water partition coefficient (Wildman–Crippen LogP) is 1.74. The van der Waals surface area contributed by atoms with Crippen LogP contribution in [0, 0.1) is 0 Å². The van der Waals surface area contributed by atoms with Crippen LogP contribution in [-0.4, -0.2) is 67.9 Å². The third-order valence-electron chi connectivity index (χ3n) is 5.08. The minimum absolute atomic E-state index is 0.00550. The molecule has 9 heteroatoms. The topological polar surface area (TPSA) is 134 Å². The van der Waals surface area contributed by atoms with Gasteiger partial charge < -0.3 is 31.1 Å². The molecule has 0 aromatic heterocycles. The number of fused-ring (bicyclic) bond motifs is 2. The maximum absolute atomic E-state index is 13.6. The van der Waals surface area contributed by atoms with Crippen LogP contribution in [0.4, 0.5) is 17.1 Å². The van der Waals surface area contributed by atoms with E-state index in [1.807, 2.05) is 19.0 Å². The van der Waals surface area contributed by atoms with Gasteiger partial charge in [0.2, 0.25) is 5.91 Å². The number of carbonyl (C=O) groups is 3. The van der Waals surface area contributed by atoms with E-state index in [0.29, 0.717) is 12.2 Å². The molecule has 2 aromatic rings. The number of carbonyl (C=O) groups excluding carboxylic acids is 3. The summed E-state index contributed by atoms with van der Waals surface area (Å²) in [5, 5.41) is 15.0. The normalized spacial score (nSPS) is 12.4. The first-order valence-electron chi connectivity index (χ1n) is 10.3. The molecular formula is C23H28N4O5. The van der Waals surface area contributed by atoms with Crippen molar-refractivity contribution in [2.75, 3.05) is 56.8 Å². The number of hydrogen-bond acceptors (Lipinski definition) is 8. The molecule has 0 bridgehead atoms. The summed E-state index contributed by atoms with van der Waals surface area (Å²) in [6.45, 7) is 2.49. The molecule has 170 valence electrons. The van der Waals surface area contributed by atoms with Crippen LogP contribution in [0.3, 0.4) is 0 Å². The lowest BCUT2D eigenvalue weighted by Gasteiger charge is -2.25. The molecule has 0 unspecified atom stereocenters. The maximum Gasteiger partial charge on any atom is 0.221 e. The predicted molar refractivity (Wildman–Crippen MR) is 123 cm³/mol. The van der Waals surface area contributed by atoms with Crippen molar-refractivity contribution in [1.82, 2.24) is 4.90 Å². The number of benzene rings is 2. The lowest BCUT2D eigenvalue weighted by Crippen LogP contribution is -2.26. The fourth-order valence-electron chi connectivity index (χ4n) is 3.72. The SMILES string of the molecule is CC(=O)Nc1cccc2c1C(=O)c1c(NCCCN(C)C)cc(OCCO)c(N)c1C2=O. The van der Waals surface area contributed by atoms with Crippen molar-refractivity contribution in [3.8, 4) is 5.75 Å². The monoisotopic (exact) mass is 440 g/mol. The minimum atomic E-state index is -0.426. The number of nitrogens with one attached hydrogen (secondary N) is 2. The fourth-order valence-corrected chi connectivity index (χ4v) is 3.72. The van der Waals surface area contributed by atoms with Gasteiger partial charge in [0.15, 0.2) is 11.6 Å². The Hall–Kier alpha value is -3.43.